The van der Waals surface area contributed by atoms with Gasteiger partial charge in [-0.1, -0.05) is 62.6 Å². The summed E-state index contributed by atoms with van der Waals surface area (Å²) in [7, 11) is 0. The molecule has 3 atom stereocenters. The van der Waals surface area contributed by atoms with E-state index in [-0.39, 0.29) is 18.9 Å². The summed E-state index contributed by atoms with van der Waals surface area (Å²) in [5, 5.41) is 2.84. The van der Waals surface area contributed by atoms with Crippen molar-refractivity contribution in [2.75, 3.05) is 11.9 Å². The molecule has 2 aromatic carbocycles. The van der Waals surface area contributed by atoms with Crippen molar-refractivity contribution in [1.29, 1.82) is 0 Å². The quantitative estimate of drug-likeness (QED) is 0.182. The summed E-state index contributed by atoms with van der Waals surface area (Å²) >= 11 is 0. The number of anilines is 1. The summed E-state index contributed by atoms with van der Waals surface area (Å²) in [6.07, 6.45) is 5.37. The highest BCUT2D eigenvalue weighted by molar-refractivity contribution is 5.96. The molecule has 0 aliphatic carbocycles. The minimum absolute atomic E-state index is 0.0371. The largest absolute Gasteiger partial charge is 0.459 e. The van der Waals surface area contributed by atoms with Crippen LogP contribution in [0.25, 0.3) is 11.2 Å². The summed E-state index contributed by atoms with van der Waals surface area (Å²) in [5.41, 5.74) is 1.61. The van der Waals surface area contributed by atoms with Crippen LogP contribution in [0.3, 0.4) is 0 Å². The summed E-state index contributed by atoms with van der Waals surface area (Å²) in [5.74, 6) is -0.835. The van der Waals surface area contributed by atoms with Crippen molar-refractivity contribution in [1.82, 2.24) is 19.5 Å². The molecule has 218 valence electrons. The first-order valence-electron chi connectivity index (χ1n) is 14.1. The summed E-state index contributed by atoms with van der Waals surface area (Å²) < 4.78 is 19.3. The maximum atomic E-state index is 13.0. The Morgan fingerprint density at radius 2 is 1.64 bits per heavy atom. The molecule has 3 heterocycles. The van der Waals surface area contributed by atoms with Gasteiger partial charge in [0.15, 0.2) is 23.2 Å². The number of nitrogens with zero attached hydrogens (tertiary/aromatic N) is 4. The van der Waals surface area contributed by atoms with Gasteiger partial charge < -0.3 is 19.5 Å². The van der Waals surface area contributed by atoms with Crippen molar-refractivity contribution < 1.29 is 28.6 Å². The molecule has 1 amide bonds. The Morgan fingerprint density at radius 1 is 0.929 bits per heavy atom. The van der Waals surface area contributed by atoms with Crippen LogP contribution in [0, 0.1) is 0 Å². The van der Waals surface area contributed by atoms with E-state index in [9.17, 15) is 14.4 Å². The van der Waals surface area contributed by atoms with Gasteiger partial charge in [-0.15, -0.1) is 0 Å². The molecule has 2 aromatic heterocycles. The zero-order valence-corrected chi connectivity index (χ0v) is 23.3. The Balaban J connectivity index is 1.34. The molecule has 11 heteroatoms. The number of unbranched alkanes of at least 4 members (excludes halogenated alkanes) is 3. The number of ether oxygens (including phenoxy) is 3. The number of esters is 2. The summed E-state index contributed by atoms with van der Waals surface area (Å²) in [4.78, 5) is 51.1. The summed E-state index contributed by atoms with van der Waals surface area (Å²) in [6, 6.07) is 17.3. The maximum Gasteiger partial charge on any atom is 0.338 e. The highest BCUT2D eigenvalue weighted by atomic mass is 16.6. The molecule has 0 saturated carbocycles. The number of hydrogen-bond acceptors (Lipinski definition) is 9. The van der Waals surface area contributed by atoms with Crippen molar-refractivity contribution in [3.8, 4) is 0 Å². The van der Waals surface area contributed by atoms with Gasteiger partial charge in [-0.2, -0.15) is 0 Å². The van der Waals surface area contributed by atoms with E-state index in [4.69, 9.17) is 14.2 Å². The zero-order chi connectivity index (χ0) is 29.3. The predicted octanol–water partition coefficient (Wildman–Crippen LogP) is 5.11. The molecule has 5 rings (SSSR count). The second-order valence-electron chi connectivity index (χ2n) is 10.1. The Morgan fingerprint density at radius 3 is 2.36 bits per heavy atom. The van der Waals surface area contributed by atoms with E-state index in [1.54, 1.807) is 53.1 Å². The van der Waals surface area contributed by atoms with Gasteiger partial charge in [-0.3, -0.25) is 9.36 Å². The zero-order valence-electron chi connectivity index (χ0n) is 23.3. The van der Waals surface area contributed by atoms with Crippen molar-refractivity contribution in [3.05, 3.63) is 84.4 Å². The van der Waals surface area contributed by atoms with Gasteiger partial charge in [0.2, 0.25) is 5.91 Å². The van der Waals surface area contributed by atoms with Crippen molar-refractivity contribution >= 4 is 34.8 Å². The van der Waals surface area contributed by atoms with E-state index in [0.717, 1.165) is 25.7 Å². The van der Waals surface area contributed by atoms with Crippen LogP contribution in [-0.2, 0) is 19.0 Å². The molecule has 0 spiro atoms. The topological polar surface area (TPSA) is 135 Å². The molecule has 1 aliphatic heterocycles. The van der Waals surface area contributed by atoms with Crippen LogP contribution in [0.15, 0.2) is 73.3 Å². The number of rotatable bonds is 12. The van der Waals surface area contributed by atoms with Gasteiger partial charge in [0.25, 0.3) is 0 Å². The van der Waals surface area contributed by atoms with Gasteiger partial charge in [0.05, 0.1) is 23.6 Å². The van der Waals surface area contributed by atoms with Crippen molar-refractivity contribution in [3.63, 3.8) is 0 Å². The van der Waals surface area contributed by atoms with Crippen LogP contribution in [0.1, 0.15) is 72.4 Å². The third-order valence-electron chi connectivity index (χ3n) is 6.97. The Kier molecular flexibility index (Phi) is 9.50. The Bertz CT molecular complexity index is 1510. The molecule has 0 radical (unpaired) electrons. The molecule has 1 fully saturated rings. The van der Waals surface area contributed by atoms with E-state index in [2.05, 4.69) is 27.2 Å². The molecule has 1 aliphatic rings. The van der Waals surface area contributed by atoms with Crippen LogP contribution in [-0.4, -0.2) is 56.2 Å². The highest BCUT2D eigenvalue weighted by Crippen LogP contribution is 2.34. The fraction of sp³-hybridized carbons (Fsp3) is 0.355. The molecular formula is C31H33N5O6. The van der Waals surface area contributed by atoms with Gasteiger partial charge in [0, 0.05) is 12.8 Å². The molecule has 0 unspecified atom stereocenters. The smallest absolute Gasteiger partial charge is 0.338 e. The Labute approximate surface area is 243 Å². The van der Waals surface area contributed by atoms with E-state index < -0.39 is 30.4 Å². The number of imidazole rings is 1. The third-order valence-corrected chi connectivity index (χ3v) is 6.97. The second kappa shape index (κ2) is 13.8. The number of hydrogen-bond donors (Lipinski definition) is 1. The lowest BCUT2D eigenvalue weighted by Crippen LogP contribution is -2.25. The van der Waals surface area contributed by atoms with E-state index >= 15 is 0 Å². The first kappa shape index (κ1) is 28.9. The number of aromatic nitrogens is 4. The minimum Gasteiger partial charge on any atom is -0.459 e. The minimum atomic E-state index is -0.810. The average molecular weight is 572 g/mol. The number of benzene rings is 2. The van der Waals surface area contributed by atoms with Crippen LogP contribution in [0.4, 0.5) is 5.82 Å². The van der Waals surface area contributed by atoms with Crippen LogP contribution in [0.2, 0.25) is 0 Å². The fourth-order valence-electron chi connectivity index (χ4n) is 4.82. The molecular weight excluding hydrogens is 538 g/mol. The molecule has 1 N–H and O–H groups in total. The Hall–Kier alpha value is -4.64. The third kappa shape index (κ3) is 6.98. The first-order valence-corrected chi connectivity index (χ1v) is 14.1. The summed E-state index contributed by atoms with van der Waals surface area (Å²) in [6.45, 7) is 2.08. The molecule has 42 heavy (non-hydrogen) atoms. The van der Waals surface area contributed by atoms with E-state index in [0.29, 0.717) is 34.5 Å². The van der Waals surface area contributed by atoms with Gasteiger partial charge in [-0.25, -0.2) is 24.5 Å². The number of nitrogens with one attached hydrogen (secondary N) is 1. The lowest BCUT2D eigenvalue weighted by atomic mass is 10.1. The molecule has 4 aromatic rings. The standard InChI is InChI=1S/C31H33N5O6/c1-2-3-4-11-16-25(37)35-27-26-28(33-19-32-27)36(20-34-26)29-24(42-31(39)22-14-9-6-10-15-22)17-23(41-29)18-40-30(38)21-12-7-5-8-13-21/h5-10,12-15,19-20,23-24,29H,2-4,11,16-18H2,1H3,(H,32,33,35,37)/t23-,24+,29+/m0/s1. The lowest BCUT2D eigenvalue weighted by molar-refractivity contribution is -0.116. The van der Waals surface area contributed by atoms with Crippen molar-refractivity contribution in [2.24, 2.45) is 0 Å². The molecule has 1 saturated heterocycles. The molecule has 0 bridgehead atoms. The molecule has 11 nitrogen and oxygen atoms in total. The van der Waals surface area contributed by atoms with E-state index in [1.165, 1.54) is 12.7 Å². The predicted molar refractivity (Wildman–Crippen MR) is 154 cm³/mol. The average Bonchev–Trinajstić information content (AvgIpc) is 3.63. The monoisotopic (exact) mass is 571 g/mol. The van der Waals surface area contributed by atoms with Crippen molar-refractivity contribution in [2.45, 2.75) is 63.9 Å². The van der Waals surface area contributed by atoms with Gasteiger partial charge >= 0.3 is 11.9 Å². The maximum absolute atomic E-state index is 13.0. The number of carbonyl (C=O) groups is 3. The van der Waals surface area contributed by atoms with Gasteiger partial charge in [0.1, 0.15) is 19.0 Å². The van der Waals surface area contributed by atoms with Crippen LogP contribution in [0.5, 0.6) is 0 Å². The van der Waals surface area contributed by atoms with E-state index in [1.807, 2.05) is 12.1 Å². The van der Waals surface area contributed by atoms with Crippen LogP contribution < -0.4 is 5.32 Å². The number of amides is 1. The normalized spacial score (nSPS) is 18.1. The van der Waals surface area contributed by atoms with Gasteiger partial charge in [-0.05, 0) is 30.7 Å². The highest BCUT2D eigenvalue weighted by Gasteiger charge is 2.41. The fourth-order valence-corrected chi connectivity index (χ4v) is 4.82. The SMILES string of the molecule is CCCCCCC(=O)Nc1ncnc2c1ncn2[C@@H]1O[C@H](COC(=O)c2ccccc2)C[C@H]1OC(=O)c1ccccc1. The number of fused-ring (bicyclic) bond motifs is 1. The number of carbonyl (C=O) groups excluding carboxylic acids is 3. The lowest BCUT2D eigenvalue weighted by Gasteiger charge is -2.20. The second-order valence-corrected chi connectivity index (χ2v) is 10.1. The first-order chi connectivity index (χ1) is 20.5. The van der Waals surface area contributed by atoms with Crippen LogP contribution >= 0.6 is 0 Å².